The third-order valence-corrected chi connectivity index (χ3v) is 2.10. The summed E-state index contributed by atoms with van der Waals surface area (Å²) >= 11 is 0. The van der Waals surface area contributed by atoms with Crippen molar-refractivity contribution in [3.05, 3.63) is 48.6 Å². The van der Waals surface area contributed by atoms with Gasteiger partial charge in [-0.1, -0.05) is 36.4 Å². The molecular weight excluding hydrogens is 176 g/mol. The Kier molecular flexibility index (Phi) is 2.68. The molecular formula is C11H10N2O. The molecule has 70 valence electrons. The van der Waals surface area contributed by atoms with Crippen molar-refractivity contribution in [1.82, 2.24) is 0 Å². The maximum atomic E-state index is 11.2. The summed E-state index contributed by atoms with van der Waals surface area (Å²) in [6.07, 6.45) is 1.27. The van der Waals surface area contributed by atoms with Crippen LogP contribution in [0.4, 0.5) is 0 Å². The molecule has 0 saturated heterocycles. The van der Waals surface area contributed by atoms with Gasteiger partial charge in [0.2, 0.25) is 5.91 Å². The van der Waals surface area contributed by atoms with E-state index < -0.39 is 11.3 Å². The summed E-state index contributed by atoms with van der Waals surface area (Å²) in [6.45, 7) is 3.48. The summed E-state index contributed by atoms with van der Waals surface area (Å²) in [5.41, 5.74) is 4.32. The van der Waals surface area contributed by atoms with Gasteiger partial charge in [-0.25, -0.2) is 0 Å². The minimum absolute atomic E-state index is 0.546. The highest BCUT2D eigenvalue weighted by Crippen LogP contribution is 2.23. The third-order valence-electron chi connectivity index (χ3n) is 2.10. The van der Waals surface area contributed by atoms with Crippen molar-refractivity contribution in [2.75, 3.05) is 0 Å². The molecule has 1 amide bonds. The number of nitrogens with two attached hydrogens (primary N) is 1. The molecule has 0 spiro atoms. The van der Waals surface area contributed by atoms with E-state index >= 15 is 0 Å². The van der Waals surface area contributed by atoms with Crippen molar-refractivity contribution in [2.24, 2.45) is 5.73 Å². The van der Waals surface area contributed by atoms with Crippen LogP contribution in [0.25, 0.3) is 0 Å². The van der Waals surface area contributed by atoms with Crippen molar-refractivity contribution < 1.29 is 4.79 Å². The third kappa shape index (κ3) is 1.38. The first-order valence-electron chi connectivity index (χ1n) is 4.07. The summed E-state index contributed by atoms with van der Waals surface area (Å²) in [6, 6.07) is 10.5. The first-order chi connectivity index (χ1) is 6.67. The molecule has 0 heterocycles. The first kappa shape index (κ1) is 10.0. The number of rotatable bonds is 3. The lowest BCUT2D eigenvalue weighted by Crippen LogP contribution is -2.38. The maximum Gasteiger partial charge on any atom is 0.246 e. The lowest BCUT2D eigenvalue weighted by atomic mass is 9.81. The van der Waals surface area contributed by atoms with E-state index in [-0.39, 0.29) is 0 Å². The molecule has 1 aromatic carbocycles. The van der Waals surface area contributed by atoms with Crippen molar-refractivity contribution in [3.63, 3.8) is 0 Å². The van der Waals surface area contributed by atoms with Crippen LogP contribution in [-0.2, 0) is 10.2 Å². The van der Waals surface area contributed by atoms with E-state index in [1.165, 1.54) is 6.08 Å². The number of primary amides is 1. The van der Waals surface area contributed by atoms with Gasteiger partial charge >= 0.3 is 0 Å². The topological polar surface area (TPSA) is 66.9 Å². The molecule has 1 atom stereocenters. The van der Waals surface area contributed by atoms with E-state index in [4.69, 9.17) is 11.0 Å². The van der Waals surface area contributed by atoms with E-state index in [1.54, 1.807) is 30.3 Å². The Morgan fingerprint density at radius 3 is 2.43 bits per heavy atom. The predicted octanol–water partition coefficient (Wildman–Crippen LogP) is 1.12. The van der Waals surface area contributed by atoms with Crippen LogP contribution in [0, 0.1) is 11.3 Å². The number of carbonyl (C=O) groups is 1. The lowest BCUT2D eigenvalue weighted by Gasteiger charge is -2.18. The number of hydrogen-bond acceptors (Lipinski definition) is 2. The van der Waals surface area contributed by atoms with Gasteiger partial charge in [-0.15, -0.1) is 6.58 Å². The second-order valence-electron chi connectivity index (χ2n) is 2.85. The molecule has 0 fully saturated rings. The summed E-state index contributed by atoms with van der Waals surface area (Å²) in [5.74, 6) is -0.707. The molecule has 14 heavy (non-hydrogen) atoms. The summed E-state index contributed by atoms with van der Waals surface area (Å²) in [4.78, 5) is 11.2. The Labute approximate surface area is 82.5 Å². The van der Waals surface area contributed by atoms with Gasteiger partial charge in [0.05, 0.1) is 6.07 Å². The van der Waals surface area contributed by atoms with E-state index in [9.17, 15) is 4.79 Å². The molecule has 0 aromatic heterocycles. The van der Waals surface area contributed by atoms with Crippen LogP contribution in [0.3, 0.4) is 0 Å². The fraction of sp³-hybridized carbons (Fsp3) is 0.0909. The van der Waals surface area contributed by atoms with Gasteiger partial charge in [0.1, 0.15) is 0 Å². The van der Waals surface area contributed by atoms with Crippen LogP contribution in [0.2, 0.25) is 0 Å². The zero-order valence-corrected chi connectivity index (χ0v) is 7.60. The minimum atomic E-state index is -1.42. The van der Waals surface area contributed by atoms with Gasteiger partial charge in [-0.3, -0.25) is 4.79 Å². The summed E-state index contributed by atoms with van der Waals surface area (Å²) in [5, 5.41) is 8.98. The molecule has 0 aliphatic carbocycles. The second kappa shape index (κ2) is 3.75. The van der Waals surface area contributed by atoms with Gasteiger partial charge in [0, 0.05) is 0 Å². The molecule has 0 bridgehead atoms. The quantitative estimate of drug-likeness (QED) is 0.719. The van der Waals surface area contributed by atoms with E-state index in [0.717, 1.165) is 0 Å². The van der Waals surface area contributed by atoms with Crippen molar-refractivity contribution in [2.45, 2.75) is 5.41 Å². The van der Waals surface area contributed by atoms with Crippen molar-refractivity contribution in [1.29, 1.82) is 5.26 Å². The molecule has 0 saturated carbocycles. The van der Waals surface area contributed by atoms with Crippen LogP contribution in [-0.4, -0.2) is 5.91 Å². The highest BCUT2D eigenvalue weighted by molar-refractivity contribution is 5.92. The van der Waals surface area contributed by atoms with E-state index in [1.807, 2.05) is 6.07 Å². The zero-order chi connectivity index (χ0) is 10.6. The van der Waals surface area contributed by atoms with E-state index in [0.29, 0.717) is 5.56 Å². The number of nitrogens with zero attached hydrogens (tertiary/aromatic N) is 1. The SMILES string of the molecule is C=CC(C#N)(C(N)=O)c1ccccc1. The fourth-order valence-corrected chi connectivity index (χ4v) is 1.23. The monoisotopic (exact) mass is 186 g/mol. The minimum Gasteiger partial charge on any atom is -0.368 e. The fourth-order valence-electron chi connectivity index (χ4n) is 1.23. The Hall–Kier alpha value is -2.08. The molecule has 0 aliphatic rings. The van der Waals surface area contributed by atoms with Gasteiger partial charge in [-0.2, -0.15) is 5.26 Å². The molecule has 3 heteroatoms. The summed E-state index contributed by atoms with van der Waals surface area (Å²) < 4.78 is 0. The molecule has 0 radical (unpaired) electrons. The largest absolute Gasteiger partial charge is 0.368 e. The second-order valence-corrected chi connectivity index (χ2v) is 2.85. The lowest BCUT2D eigenvalue weighted by molar-refractivity contribution is -0.120. The van der Waals surface area contributed by atoms with Crippen molar-refractivity contribution in [3.8, 4) is 6.07 Å². The number of nitriles is 1. The molecule has 1 unspecified atom stereocenters. The zero-order valence-electron chi connectivity index (χ0n) is 7.60. The molecule has 0 aliphatic heterocycles. The average molecular weight is 186 g/mol. The Balaban J connectivity index is 3.34. The number of benzene rings is 1. The van der Waals surface area contributed by atoms with Gasteiger partial charge in [-0.05, 0) is 5.56 Å². The highest BCUT2D eigenvalue weighted by Gasteiger charge is 2.35. The van der Waals surface area contributed by atoms with Crippen LogP contribution in [0.15, 0.2) is 43.0 Å². The summed E-state index contributed by atoms with van der Waals surface area (Å²) in [7, 11) is 0. The standard InChI is InChI=1S/C11H10N2O/c1-2-11(8-12,10(13)14)9-6-4-3-5-7-9/h2-7H,1H2,(H2,13,14). The van der Waals surface area contributed by atoms with E-state index in [2.05, 4.69) is 6.58 Å². The van der Waals surface area contributed by atoms with Gasteiger partial charge in [0.15, 0.2) is 5.41 Å². The Morgan fingerprint density at radius 1 is 1.50 bits per heavy atom. The van der Waals surface area contributed by atoms with Crippen LogP contribution >= 0.6 is 0 Å². The van der Waals surface area contributed by atoms with Crippen LogP contribution < -0.4 is 5.73 Å². The highest BCUT2D eigenvalue weighted by atomic mass is 16.1. The normalized spacial score (nSPS) is 13.6. The molecule has 1 rings (SSSR count). The van der Waals surface area contributed by atoms with Crippen LogP contribution in [0.5, 0.6) is 0 Å². The number of carbonyl (C=O) groups excluding carboxylic acids is 1. The number of amides is 1. The van der Waals surface area contributed by atoms with Gasteiger partial charge in [0.25, 0.3) is 0 Å². The Bertz CT molecular complexity index is 391. The van der Waals surface area contributed by atoms with Crippen LogP contribution in [0.1, 0.15) is 5.56 Å². The molecule has 2 N–H and O–H groups in total. The number of hydrogen-bond donors (Lipinski definition) is 1. The first-order valence-corrected chi connectivity index (χ1v) is 4.07. The van der Waals surface area contributed by atoms with Crippen molar-refractivity contribution >= 4 is 5.91 Å². The average Bonchev–Trinajstić information content (AvgIpc) is 2.22. The maximum absolute atomic E-state index is 11.2. The molecule has 1 aromatic rings. The predicted molar refractivity (Wildman–Crippen MR) is 53.1 cm³/mol. The Morgan fingerprint density at radius 2 is 2.07 bits per heavy atom. The van der Waals surface area contributed by atoms with Gasteiger partial charge < -0.3 is 5.73 Å². The molecule has 3 nitrogen and oxygen atoms in total. The smallest absolute Gasteiger partial charge is 0.246 e.